The van der Waals surface area contributed by atoms with Gasteiger partial charge < -0.3 is 9.88 Å². The number of nitrogens with zero attached hydrogens (tertiary/aromatic N) is 1. The highest BCUT2D eigenvalue weighted by Gasteiger charge is 2.07. The van der Waals surface area contributed by atoms with Crippen molar-refractivity contribution < 1.29 is 4.79 Å². The van der Waals surface area contributed by atoms with Crippen LogP contribution in [0.1, 0.15) is 11.1 Å². The van der Waals surface area contributed by atoms with Crippen LogP contribution in [0, 0.1) is 17.4 Å². The number of rotatable bonds is 3. The molecule has 1 heterocycles. The van der Waals surface area contributed by atoms with Crippen LogP contribution in [0.25, 0.3) is 0 Å². The van der Waals surface area contributed by atoms with Crippen molar-refractivity contribution in [1.82, 2.24) is 4.57 Å². The van der Waals surface area contributed by atoms with E-state index in [0.717, 1.165) is 14.8 Å². The summed E-state index contributed by atoms with van der Waals surface area (Å²) in [5.74, 6) is -0.206. The molecular formula is C15H15IN2O2. The quantitative estimate of drug-likeness (QED) is 0.831. The van der Waals surface area contributed by atoms with Crippen molar-refractivity contribution in [1.29, 1.82) is 0 Å². The summed E-state index contributed by atoms with van der Waals surface area (Å²) in [7, 11) is 0. The first-order valence-electron chi connectivity index (χ1n) is 6.19. The second-order valence-electron chi connectivity index (χ2n) is 4.63. The summed E-state index contributed by atoms with van der Waals surface area (Å²) in [5, 5.41) is 2.83. The number of aromatic nitrogens is 1. The fourth-order valence-electron chi connectivity index (χ4n) is 1.89. The zero-order valence-corrected chi connectivity index (χ0v) is 13.5. The fourth-order valence-corrected chi connectivity index (χ4v) is 2.54. The molecule has 1 aromatic carbocycles. The van der Waals surface area contributed by atoms with Gasteiger partial charge in [-0.15, -0.1) is 0 Å². The molecule has 0 fully saturated rings. The highest BCUT2D eigenvalue weighted by atomic mass is 127. The molecule has 20 heavy (non-hydrogen) atoms. The van der Waals surface area contributed by atoms with Crippen molar-refractivity contribution in [3.63, 3.8) is 0 Å². The van der Waals surface area contributed by atoms with Crippen molar-refractivity contribution in [2.75, 3.05) is 5.32 Å². The van der Waals surface area contributed by atoms with E-state index < -0.39 is 0 Å². The number of aryl methyl sites for hydroxylation is 2. The van der Waals surface area contributed by atoms with Crippen molar-refractivity contribution in [3.05, 3.63) is 61.6 Å². The van der Waals surface area contributed by atoms with Crippen LogP contribution in [-0.2, 0) is 11.3 Å². The minimum absolute atomic E-state index is 0.0198. The Morgan fingerprint density at radius 1 is 1.25 bits per heavy atom. The number of halogens is 1. The van der Waals surface area contributed by atoms with Crippen LogP contribution in [0.2, 0.25) is 0 Å². The predicted molar refractivity (Wildman–Crippen MR) is 88.0 cm³/mol. The highest BCUT2D eigenvalue weighted by Crippen LogP contribution is 2.17. The molecule has 2 aromatic rings. The Kier molecular flexibility index (Phi) is 4.59. The van der Waals surface area contributed by atoms with E-state index in [1.807, 2.05) is 25.1 Å². The molecule has 0 aliphatic heterocycles. The van der Waals surface area contributed by atoms with Gasteiger partial charge in [-0.25, -0.2) is 0 Å². The molecule has 0 aliphatic carbocycles. The third-order valence-corrected chi connectivity index (χ3v) is 3.66. The molecule has 104 valence electrons. The largest absolute Gasteiger partial charge is 0.324 e. The minimum atomic E-state index is -0.206. The summed E-state index contributed by atoms with van der Waals surface area (Å²) >= 11 is 2.22. The van der Waals surface area contributed by atoms with Gasteiger partial charge >= 0.3 is 0 Å². The molecule has 0 saturated carbocycles. The number of anilines is 1. The fraction of sp³-hybridized carbons (Fsp3) is 0.200. The van der Waals surface area contributed by atoms with Crippen molar-refractivity contribution >= 4 is 34.2 Å². The van der Waals surface area contributed by atoms with E-state index in [1.54, 1.807) is 25.3 Å². The van der Waals surface area contributed by atoms with E-state index in [4.69, 9.17) is 0 Å². The van der Waals surface area contributed by atoms with Crippen molar-refractivity contribution in [2.24, 2.45) is 0 Å². The lowest BCUT2D eigenvalue weighted by molar-refractivity contribution is -0.116. The first kappa shape index (κ1) is 14.8. The molecule has 1 N–H and O–H groups in total. The topological polar surface area (TPSA) is 51.1 Å². The van der Waals surface area contributed by atoms with E-state index in [0.29, 0.717) is 5.56 Å². The van der Waals surface area contributed by atoms with E-state index in [-0.39, 0.29) is 18.0 Å². The summed E-state index contributed by atoms with van der Waals surface area (Å²) in [6, 6.07) is 9.30. The van der Waals surface area contributed by atoms with Crippen LogP contribution in [0.4, 0.5) is 5.69 Å². The number of hydrogen-bond acceptors (Lipinski definition) is 2. The molecule has 5 heteroatoms. The van der Waals surface area contributed by atoms with Crippen LogP contribution < -0.4 is 10.9 Å². The molecule has 1 aromatic heterocycles. The Balaban J connectivity index is 2.13. The molecule has 2 rings (SSSR count). The van der Waals surface area contributed by atoms with Gasteiger partial charge in [0, 0.05) is 21.0 Å². The monoisotopic (exact) mass is 382 g/mol. The standard InChI is InChI=1S/C15H15IN2O2/c1-10-4-3-7-18(15(10)20)9-14(19)17-13-6-5-12(16)8-11(13)2/h3-8H,9H2,1-2H3,(H,17,19). The number of carbonyl (C=O) groups excluding carboxylic acids is 1. The highest BCUT2D eigenvalue weighted by molar-refractivity contribution is 14.1. The van der Waals surface area contributed by atoms with Gasteiger partial charge in [0.15, 0.2) is 0 Å². The summed E-state index contributed by atoms with van der Waals surface area (Å²) < 4.78 is 2.53. The third kappa shape index (κ3) is 3.47. The van der Waals surface area contributed by atoms with E-state index in [2.05, 4.69) is 27.9 Å². The van der Waals surface area contributed by atoms with Gasteiger partial charge in [0.25, 0.3) is 5.56 Å². The number of benzene rings is 1. The third-order valence-electron chi connectivity index (χ3n) is 2.99. The van der Waals surface area contributed by atoms with E-state index >= 15 is 0 Å². The Bertz CT molecular complexity index is 707. The summed E-state index contributed by atoms with van der Waals surface area (Å²) in [4.78, 5) is 23.9. The van der Waals surface area contributed by atoms with Gasteiger partial charge in [0.2, 0.25) is 5.91 Å². The Morgan fingerprint density at radius 2 is 2.00 bits per heavy atom. The summed E-state index contributed by atoms with van der Waals surface area (Å²) in [6.45, 7) is 3.70. The van der Waals surface area contributed by atoms with Crippen LogP contribution >= 0.6 is 22.6 Å². The zero-order chi connectivity index (χ0) is 14.7. The SMILES string of the molecule is Cc1cc(I)ccc1NC(=O)Cn1cccc(C)c1=O. The van der Waals surface area contributed by atoms with Gasteiger partial charge in [0.05, 0.1) is 0 Å². The van der Waals surface area contributed by atoms with Gasteiger partial charge in [-0.3, -0.25) is 9.59 Å². The molecule has 0 saturated heterocycles. The second kappa shape index (κ2) is 6.21. The van der Waals surface area contributed by atoms with Crippen molar-refractivity contribution in [2.45, 2.75) is 20.4 Å². The number of hydrogen-bond donors (Lipinski definition) is 1. The number of amides is 1. The normalized spacial score (nSPS) is 10.3. The second-order valence-corrected chi connectivity index (χ2v) is 5.88. The van der Waals surface area contributed by atoms with Crippen LogP contribution in [0.15, 0.2) is 41.3 Å². The average molecular weight is 382 g/mol. The Hall–Kier alpha value is -1.63. The minimum Gasteiger partial charge on any atom is -0.324 e. The Morgan fingerprint density at radius 3 is 2.70 bits per heavy atom. The summed E-state index contributed by atoms with van der Waals surface area (Å²) in [5.41, 5.74) is 2.27. The zero-order valence-electron chi connectivity index (χ0n) is 11.3. The maximum Gasteiger partial charge on any atom is 0.253 e. The van der Waals surface area contributed by atoms with Crippen LogP contribution in [-0.4, -0.2) is 10.5 Å². The van der Waals surface area contributed by atoms with Gasteiger partial charge in [-0.2, -0.15) is 0 Å². The molecule has 0 bridgehead atoms. The maximum absolute atomic E-state index is 12.0. The van der Waals surface area contributed by atoms with Gasteiger partial charge in [-0.1, -0.05) is 6.07 Å². The van der Waals surface area contributed by atoms with Gasteiger partial charge in [-0.05, 0) is 66.3 Å². The number of carbonyl (C=O) groups is 1. The first-order chi connectivity index (χ1) is 9.47. The molecule has 1 amide bonds. The number of pyridine rings is 1. The molecule has 4 nitrogen and oxygen atoms in total. The summed E-state index contributed by atoms with van der Waals surface area (Å²) in [6.07, 6.45) is 1.62. The molecule has 0 atom stereocenters. The lowest BCUT2D eigenvalue weighted by Gasteiger charge is -2.10. The first-order valence-corrected chi connectivity index (χ1v) is 7.27. The average Bonchev–Trinajstić information content (AvgIpc) is 2.38. The lowest BCUT2D eigenvalue weighted by atomic mass is 10.2. The molecule has 0 radical (unpaired) electrons. The van der Waals surface area contributed by atoms with E-state index in [9.17, 15) is 9.59 Å². The molecule has 0 spiro atoms. The maximum atomic E-state index is 12.0. The molecule has 0 aliphatic rings. The van der Waals surface area contributed by atoms with E-state index in [1.165, 1.54) is 4.57 Å². The van der Waals surface area contributed by atoms with Crippen molar-refractivity contribution in [3.8, 4) is 0 Å². The predicted octanol–water partition coefficient (Wildman–Crippen LogP) is 2.71. The number of nitrogens with one attached hydrogen (secondary N) is 1. The van der Waals surface area contributed by atoms with Gasteiger partial charge in [0.1, 0.15) is 6.54 Å². The molecule has 0 unspecified atom stereocenters. The van der Waals surface area contributed by atoms with Crippen LogP contribution in [0.3, 0.4) is 0 Å². The molecular weight excluding hydrogens is 367 g/mol. The lowest BCUT2D eigenvalue weighted by Crippen LogP contribution is -2.28. The smallest absolute Gasteiger partial charge is 0.253 e. The Labute approximate surface area is 131 Å². The van der Waals surface area contributed by atoms with Crippen LogP contribution in [0.5, 0.6) is 0 Å².